The number of ether oxygens (including phenoxy) is 1. The average molecular weight is 329 g/mol. The molecule has 4 nitrogen and oxygen atoms in total. The van der Waals surface area contributed by atoms with E-state index >= 15 is 0 Å². The van der Waals surface area contributed by atoms with Crippen molar-refractivity contribution >= 4 is 32.6 Å². The number of morpholine rings is 1. The molecule has 0 N–H and O–H groups in total. The zero-order chi connectivity index (χ0) is 15.8. The van der Waals surface area contributed by atoms with E-state index < -0.39 is 0 Å². The lowest BCUT2D eigenvalue weighted by molar-refractivity contribution is 0.0367. The summed E-state index contributed by atoms with van der Waals surface area (Å²) in [4.78, 5) is 8.61. The summed E-state index contributed by atoms with van der Waals surface area (Å²) in [6.45, 7) is 10.2. The third kappa shape index (κ3) is 2.77. The largest absolute Gasteiger partial charge is 0.379 e. The Bertz CT molecular complexity index is 830. The molecule has 0 bridgehead atoms. The molecule has 1 saturated heterocycles. The van der Waals surface area contributed by atoms with E-state index in [2.05, 4.69) is 41.5 Å². The Labute approximate surface area is 140 Å². The Morgan fingerprint density at radius 1 is 1.22 bits per heavy atom. The number of thiazole rings is 1. The van der Waals surface area contributed by atoms with Crippen LogP contribution in [-0.4, -0.2) is 47.3 Å². The van der Waals surface area contributed by atoms with Gasteiger partial charge in [0, 0.05) is 31.6 Å². The minimum absolute atomic E-state index is 0.862. The van der Waals surface area contributed by atoms with Crippen LogP contribution in [0, 0.1) is 6.92 Å². The second kappa shape index (κ2) is 6.23. The maximum absolute atomic E-state index is 5.45. The number of fused-ring (bicyclic) bond motifs is 3. The van der Waals surface area contributed by atoms with Gasteiger partial charge in [0.15, 0.2) is 0 Å². The van der Waals surface area contributed by atoms with Gasteiger partial charge in [0.25, 0.3) is 0 Å². The second-order valence-corrected chi connectivity index (χ2v) is 7.38. The van der Waals surface area contributed by atoms with E-state index in [-0.39, 0.29) is 0 Å². The van der Waals surface area contributed by atoms with Crippen molar-refractivity contribution in [2.45, 2.75) is 26.8 Å². The fourth-order valence-electron chi connectivity index (χ4n) is 3.40. The summed E-state index contributed by atoms with van der Waals surface area (Å²) < 4.78 is 7.91. The summed E-state index contributed by atoms with van der Waals surface area (Å²) in [6.07, 6.45) is 1.07. The molecule has 3 aromatic rings. The van der Waals surface area contributed by atoms with E-state index in [1.165, 1.54) is 26.8 Å². The molecule has 122 valence electrons. The summed E-state index contributed by atoms with van der Waals surface area (Å²) >= 11 is 1.81. The Morgan fingerprint density at radius 3 is 2.83 bits per heavy atom. The summed E-state index contributed by atoms with van der Waals surface area (Å²) in [7, 11) is 0. The van der Waals surface area contributed by atoms with Gasteiger partial charge in [-0.25, -0.2) is 4.98 Å². The number of nitrogens with zero attached hydrogens (tertiary/aromatic N) is 3. The van der Waals surface area contributed by atoms with Gasteiger partial charge in [0.1, 0.15) is 10.3 Å². The standard InChI is InChI=1S/C18H23N3OS/c1-3-14-4-5-16-15(12-14)17-18(23-13(2)19-17)21(16)7-6-20-8-10-22-11-9-20/h4-5,12H,3,6-11H2,1-2H3. The van der Waals surface area contributed by atoms with Crippen LogP contribution in [0.5, 0.6) is 0 Å². The van der Waals surface area contributed by atoms with Crippen LogP contribution in [0.4, 0.5) is 0 Å². The predicted molar refractivity (Wildman–Crippen MR) is 96.5 cm³/mol. The molecule has 2 aromatic heterocycles. The van der Waals surface area contributed by atoms with Crippen molar-refractivity contribution in [2.24, 2.45) is 0 Å². The summed E-state index contributed by atoms with van der Waals surface area (Å²) in [5.74, 6) is 0. The van der Waals surface area contributed by atoms with Crippen molar-refractivity contribution < 1.29 is 4.74 Å². The molecule has 4 rings (SSSR count). The van der Waals surface area contributed by atoms with Crippen molar-refractivity contribution in [3.8, 4) is 0 Å². The van der Waals surface area contributed by atoms with Crippen molar-refractivity contribution in [1.29, 1.82) is 0 Å². The van der Waals surface area contributed by atoms with Gasteiger partial charge in [-0.05, 0) is 31.0 Å². The van der Waals surface area contributed by atoms with Crippen molar-refractivity contribution in [2.75, 3.05) is 32.8 Å². The Hall–Kier alpha value is -1.43. The van der Waals surface area contributed by atoms with Crippen LogP contribution in [0.25, 0.3) is 21.3 Å². The molecule has 0 aliphatic carbocycles. The molecule has 1 fully saturated rings. The van der Waals surface area contributed by atoms with Crippen LogP contribution in [-0.2, 0) is 17.7 Å². The normalized spacial score (nSPS) is 16.6. The smallest absolute Gasteiger partial charge is 0.124 e. The molecule has 23 heavy (non-hydrogen) atoms. The summed E-state index contributed by atoms with van der Waals surface area (Å²) in [5, 5.41) is 2.46. The van der Waals surface area contributed by atoms with Crippen molar-refractivity contribution in [3.05, 3.63) is 28.8 Å². The zero-order valence-corrected chi connectivity index (χ0v) is 14.7. The van der Waals surface area contributed by atoms with E-state index in [0.29, 0.717) is 0 Å². The fraction of sp³-hybridized carbons (Fsp3) is 0.500. The van der Waals surface area contributed by atoms with Gasteiger partial charge < -0.3 is 9.30 Å². The Morgan fingerprint density at radius 2 is 2.04 bits per heavy atom. The minimum atomic E-state index is 0.862. The number of hydrogen-bond donors (Lipinski definition) is 0. The average Bonchev–Trinajstić information content (AvgIpc) is 3.09. The first kappa shape index (κ1) is 15.1. The van der Waals surface area contributed by atoms with Crippen molar-refractivity contribution in [3.63, 3.8) is 0 Å². The topological polar surface area (TPSA) is 30.3 Å². The van der Waals surface area contributed by atoms with Crippen LogP contribution in [0.3, 0.4) is 0 Å². The van der Waals surface area contributed by atoms with Gasteiger partial charge >= 0.3 is 0 Å². The van der Waals surface area contributed by atoms with Gasteiger partial charge in [-0.2, -0.15) is 0 Å². The molecule has 3 heterocycles. The summed E-state index contributed by atoms with van der Waals surface area (Å²) in [6, 6.07) is 6.85. The first-order valence-electron chi connectivity index (χ1n) is 8.44. The van der Waals surface area contributed by atoms with E-state index in [0.717, 1.165) is 50.8 Å². The van der Waals surface area contributed by atoms with E-state index in [1.807, 2.05) is 11.3 Å². The molecule has 1 aliphatic heterocycles. The molecular formula is C18H23N3OS. The third-order valence-electron chi connectivity index (χ3n) is 4.72. The Balaban J connectivity index is 1.73. The molecule has 1 aliphatic rings. The van der Waals surface area contributed by atoms with Gasteiger partial charge in [0.05, 0.1) is 23.7 Å². The second-order valence-electron chi connectivity index (χ2n) is 6.20. The molecule has 0 unspecified atom stereocenters. The van der Waals surface area contributed by atoms with Crippen LogP contribution < -0.4 is 0 Å². The molecule has 0 saturated carbocycles. The number of rotatable bonds is 4. The van der Waals surface area contributed by atoms with Crippen LogP contribution in [0.1, 0.15) is 17.5 Å². The van der Waals surface area contributed by atoms with Crippen LogP contribution in [0.15, 0.2) is 18.2 Å². The highest BCUT2D eigenvalue weighted by atomic mass is 32.1. The molecule has 5 heteroatoms. The molecule has 0 radical (unpaired) electrons. The third-order valence-corrected chi connectivity index (χ3v) is 5.71. The molecule has 1 aromatic carbocycles. The number of aryl methyl sites for hydroxylation is 2. The van der Waals surface area contributed by atoms with E-state index in [4.69, 9.17) is 9.72 Å². The zero-order valence-electron chi connectivity index (χ0n) is 13.8. The highest BCUT2D eigenvalue weighted by Gasteiger charge is 2.16. The number of benzene rings is 1. The maximum atomic E-state index is 5.45. The molecule has 0 amide bonds. The number of hydrogen-bond acceptors (Lipinski definition) is 4. The van der Waals surface area contributed by atoms with Crippen LogP contribution in [0.2, 0.25) is 0 Å². The monoisotopic (exact) mass is 329 g/mol. The molecular weight excluding hydrogens is 306 g/mol. The first-order valence-corrected chi connectivity index (χ1v) is 9.26. The quantitative estimate of drug-likeness (QED) is 0.734. The Kier molecular flexibility index (Phi) is 4.09. The van der Waals surface area contributed by atoms with Gasteiger partial charge in [-0.3, -0.25) is 4.90 Å². The lowest BCUT2D eigenvalue weighted by atomic mass is 10.1. The first-order chi connectivity index (χ1) is 11.3. The predicted octanol–water partition coefficient (Wildman–Crippen LogP) is 3.45. The summed E-state index contributed by atoms with van der Waals surface area (Å²) in [5.41, 5.74) is 3.89. The fourth-order valence-corrected chi connectivity index (χ4v) is 4.37. The lowest BCUT2D eigenvalue weighted by Gasteiger charge is -2.26. The van der Waals surface area contributed by atoms with Gasteiger partial charge in [-0.15, -0.1) is 11.3 Å². The highest BCUT2D eigenvalue weighted by molar-refractivity contribution is 7.18. The SMILES string of the molecule is CCc1ccc2c(c1)c1nc(C)sc1n2CCN1CCOCC1. The molecule has 0 spiro atoms. The lowest BCUT2D eigenvalue weighted by Crippen LogP contribution is -2.38. The van der Waals surface area contributed by atoms with E-state index in [1.54, 1.807) is 0 Å². The maximum Gasteiger partial charge on any atom is 0.124 e. The number of aromatic nitrogens is 2. The van der Waals surface area contributed by atoms with Gasteiger partial charge in [0.2, 0.25) is 0 Å². The minimum Gasteiger partial charge on any atom is -0.379 e. The van der Waals surface area contributed by atoms with E-state index in [9.17, 15) is 0 Å². The van der Waals surface area contributed by atoms with Gasteiger partial charge in [-0.1, -0.05) is 13.0 Å². The highest BCUT2D eigenvalue weighted by Crippen LogP contribution is 2.33. The van der Waals surface area contributed by atoms with Crippen LogP contribution >= 0.6 is 11.3 Å². The molecule has 0 atom stereocenters. The van der Waals surface area contributed by atoms with Crippen molar-refractivity contribution in [1.82, 2.24) is 14.5 Å².